The van der Waals surface area contributed by atoms with Crippen molar-refractivity contribution in [3.63, 3.8) is 0 Å². The van der Waals surface area contributed by atoms with E-state index in [0.717, 1.165) is 11.3 Å². The summed E-state index contributed by atoms with van der Waals surface area (Å²) in [5, 5.41) is 2.43. The molecule has 0 spiro atoms. The molecule has 4 nitrogen and oxygen atoms in total. The lowest BCUT2D eigenvalue weighted by Gasteiger charge is -2.20. The minimum atomic E-state index is -0.817. The number of hydrogen-bond donors (Lipinski definition) is 0. The molecule has 0 radical (unpaired) electrons. The molecule has 2 heterocycles. The van der Waals surface area contributed by atoms with Crippen LogP contribution in [0, 0.1) is 5.92 Å². The van der Waals surface area contributed by atoms with Crippen LogP contribution in [0.15, 0.2) is 35.7 Å². The van der Waals surface area contributed by atoms with E-state index < -0.39 is 10.8 Å². The molecular weight excluding hydrogens is 316 g/mol. The second kappa shape index (κ2) is 6.71. The molecule has 2 aromatic rings. The quantitative estimate of drug-likeness (QED) is 0.848. The minimum absolute atomic E-state index is 0.0436. The lowest BCUT2D eigenvalue weighted by Crippen LogP contribution is -2.35. The summed E-state index contributed by atoms with van der Waals surface area (Å²) in [4.78, 5) is 18.9. The number of thiazole rings is 1. The zero-order chi connectivity index (χ0) is 15.5. The summed E-state index contributed by atoms with van der Waals surface area (Å²) < 4.78 is 11.7. The fourth-order valence-electron chi connectivity index (χ4n) is 2.57. The molecule has 0 saturated carbocycles. The van der Waals surface area contributed by atoms with E-state index in [0.29, 0.717) is 29.6 Å². The van der Waals surface area contributed by atoms with Gasteiger partial charge in [0, 0.05) is 46.3 Å². The van der Waals surface area contributed by atoms with Gasteiger partial charge < -0.3 is 4.90 Å². The van der Waals surface area contributed by atoms with Crippen LogP contribution in [0.2, 0.25) is 0 Å². The standard InChI is InChI=1S/C16H18N2O2S2/c1-12-9-18(7-8-22(20)11-12)16(19)15-17-14(10-21-15)13-5-3-2-4-6-13/h2-6,10,12H,7-9,11H2,1H3. The molecule has 1 aliphatic rings. The first kappa shape index (κ1) is 15.4. The summed E-state index contributed by atoms with van der Waals surface area (Å²) in [5.74, 6) is 1.46. The maximum atomic E-state index is 12.6. The van der Waals surface area contributed by atoms with Crippen molar-refractivity contribution in [1.29, 1.82) is 0 Å². The van der Waals surface area contributed by atoms with E-state index in [-0.39, 0.29) is 11.8 Å². The first-order valence-electron chi connectivity index (χ1n) is 7.28. The molecule has 22 heavy (non-hydrogen) atoms. The fourth-order valence-corrected chi connectivity index (χ4v) is 4.69. The predicted molar refractivity (Wildman–Crippen MR) is 90.5 cm³/mol. The third kappa shape index (κ3) is 3.44. The summed E-state index contributed by atoms with van der Waals surface area (Å²) in [6.45, 7) is 3.25. The van der Waals surface area contributed by atoms with Crippen molar-refractivity contribution >= 4 is 28.0 Å². The van der Waals surface area contributed by atoms with Crippen LogP contribution < -0.4 is 0 Å². The SMILES string of the molecule is CC1CN(C(=O)c2nc(-c3ccccc3)cs2)CCS(=O)C1. The van der Waals surface area contributed by atoms with Crippen LogP contribution >= 0.6 is 11.3 Å². The Morgan fingerprint density at radius 3 is 2.91 bits per heavy atom. The number of benzene rings is 1. The Bertz CT molecular complexity index is 684. The van der Waals surface area contributed by atoms with Gasteiger partial charge in [0.2, 0.25) is 0 Å². The Morgan fingerprint density at radius 1 is 1.36 bits per heavy atom. The van der Waals surface area contributed by atoms with E-state index in [1.54, 1.807) is 4.90 Å². The van der Waals surface area contributed by atoms with Gasteiger partial charge in [0.05, 0.1) is 5.69 Å². The molecule has 1 fully saturated rings. The van der Waals surface area contributed by atoms with Gasteiger partial charge in [-0.05, 0) is 5.92 Å². The van der Waals surface area contributed by atoms with Gasteiger partial charge in [-0.3, -0.25) is 9.00 Å². The Morgan fingerprint density at radius 2 is 2.14 bits per heavy atom. The van der Waals surface area contributed by atoms with Crippen LogP contribution in [0.3, 0.4) is 0 Å². The van der Waals surface area contributed by atoms with Crippen molar-refractivity contribution in [3.05, 3.63) is 40.7 Å². The summed E-state index contributed by atoms with van der Waals surface area (Å²) in [6, 6.07) is 9.85. The van der Waals surface area contributed by atoms with Gasteiger partial charge in [0.25, 0.3) is 5.91 Å². The van der Waals surface area contributed by atoms with E-state index in [2.05, 4.69) is 4.98 Å². The first-order valence-corrected chi connectivity index (χ1v) is 9.65. The van der Waals surface area contributed by atoms with Crippen LogP contribution in [0.5, 0.6) is 0 Å². The lowest BCUT2D eigenvalue weighted by molar-refractivity contribution is 0.0751. The fraction of sp³-hybridized carbons (Fsp3) is 0.375. The van der Waals surface area contributed by atoms with Crippen molar-refractivity contribution < 1.29 is 9.00 Å². The van der Waals surface area contributed by atoms with E-state index in [4.69, 9.17) is 0 Å². The maximum Gasteiger partial charge on any atom is 0.282 e. The number of amides is 1. The average molecular weight is 334 g/mol. The largest absolute Gasteiger partial charge is 0.335 e. The maximum absolute atomic E-state index is 12.6. The van der Waals surface area contributed by atoms with Crippen molar-refractivity contribution in [3.8, 4) is 11.3 Å². The third-order valence-corrected chi connectivity index (χ3v) is 6.04. The summed E-state index contributed by atoms with van der Waals surface area (Å²) in [7, 11) is -0.817. The molecule has 1 aromatic heterocycles. The molecule has 1 saturated heterocycles. The van der Waals surface area contributed by atoms with Crippen LogP contribution in [0.25, 0.3) is 11.3 Å². The van der Waals surface area contributed by atoms with E-state index >= 15 is 0 Å². The molecule has 6 heteroatoms. The molecule has 3 rings (SSSR count). The monoisotopic (exact) mass is 334 g/mol. The van der Waals surface area contributed by atoms with E-state index in [1.807, 2.05) is 42.6 Å². The number of aromatic nitrogens is 1. The molecule has 1 aliphatic heterocycles. The summed E-state index contributed by atoms with van der Waals surface area (Å²) >= 11 is 1.38. The van der Waals surface area contributed by atoms with Crippen LogP contribution in [-0.4, -0.2) is 44.6 Å². The number of carbonyl (C=O) groups is 1. The molecular formula is C16H18N2O2S2. The zero-order valence-corrected chi connectivity index (χ0v) is 14.0. The minimum Gasteiger partial charge on any atom is -0.335 e. The number of rotatable bonds is 2. The Hall–Kier alpha value is -1.53. The molecule has 0 aliphatic carbocycles. The molecule has 2 atom stereocenters. The summed E-state index contributed by atoms with van der Waals surface area (Å²) in [6.07, 6.45) is 0. The predicted octanol–water partition coefficient (Wildman–Crippen LogP) is 2.65. The lowest BCUT2D eigenvalue weighted by atomic mass is 10.2. The molecule has 1 aromatic carbocycles. The Balaban J connectivity index is 1.78. The third-order valence-electron chi connectivity index (χ3n) is 3.64. The zero-order valence-electron chi connectivity index (χ0n) is 12.4. The first-order chi connectivity index (χ1) is 10.6. The molecule has 0 bridgehead atoms. The van der Waals surface area contributed by atoms with Crippen molar-refractivity contribution in [2.24, 2.45) is 5.92 Å². The van der Waals surface area contributed by atoms with Gasteiger partial charge in [0.15, 0.2) is 5.01 Å². The van der Waals surface area contributed by atoms with E-state index in [9.17, 15) is 9.00 Å². The topological polar surface area (TPSA) is 50.3 Å². The van der Waals surface area contributed by atoms with Crippen molar-refractivity contribution in [2.75, 3.05) is 24.6 Å². The van der Waals surface area contributed by atoms with Crippen LogP contribution in [-0.2, 0) is 10.8 Å². The van der Waals surface area contributed by atoms with Gasteiger partial charge >= 0.3 is 0 Å². The molecule has 116 valence electrons. The van der Waals surface area contributed by atoms with Crippen LogP contribution in [0.4, 0.5) is 0 Å². The van der Waals surface area contributed by atoms with Gasteiger partial charge in [0.1, 0.15) is 0 Å². The van der Waals surface area contributed by atoms with Crippen molar-refractivity contribution in [1.82, 2.24) is 9.88 Å². The van der Waals surface area contributed by atoms with Crippen molar-refractivity contribution in [2.45, 2.75) is 6.92 Å². The summed E-state index contributed by atoms with van der Waals surface area (Å²) in [5.41, 5.74) is 1.85. The average Bonchev–Trinajstić information content (AvgIpc) is 2.94. The highest BCUT2D eigenvalue weighted by atomic mass is 32.2. The normalized spacial score (nSPS) is 22.3. The van der Waals surface area contributed by atoms with Gasteiger partial charge in [-0.15, -0.1) is 11.3 Å². The molecule has 1 amide bonds. The van der Waals surface area contributed by atoms with Gasteiger partial charge in [-0.2, -0.15) is 0 Å². The van der Waals surface area contributed by atoms with Gasteiger partial charge in [-0.25, -0.2) is 4.98 Å². The highest BCUT2D eigenvalue weighted by Crippen LogP contribution is 2.23. The Kier molecular flexibility index (Phi) is 4.69. The molecule has 0 N–H and O–H groups in total. The number of hydrogen-bond acceptors (Lipinski definition) is 4. The number of carbonyl (C=O) groups excluding carboxylic acids is 1. The highest BCUT2D eigenvalue weighted by molar-refractivity contribution is 7.85. The highest BCUT2D eigenvalue weighted by Gasteiger charge is 2.25. The van der Waals surface area contributed by atoms with E-state index in [1.165, 1.54) is 11.3 Å². The Labute approximate surface area is 136 Å². The van der Waals surface area contributed by atoms with Gasteiger partial charge in [-0.1, -0.05) is 37.3 Å². The number of nitrogens with zero attached hydrogens (tertiary/aromatic N) is 2. The molecule has 2 unspecified atom stereocenters. The smallest absolute Gasteiger partial charge is 0.282 e. The second-order valence-corrected chi connectivity index (χ2v) is 8.05. The van der Waals surface area contributed by atoms with Crippen LogP contribution in [0.1, 0.15) is 16.7 Å². The second-order valence-electron chi connectivity index (χ2n) is 5.57.